The van der Waals surface area contributed by atoms with Gasteiger partial charge in [-0.2, -0.15) is 13.2 Å². The molecule has 0 saturated heterocycles. The van der Waals surface area contributed by atoms with Crippen molar-refractivity contribution in [3.8, 4) is 0 Å². The van der Waals surface area contributed by atoms with Crippen molar-refractivity contribution in [3.05, 3.63) is 29.6 Å². The fourth-order valence-corrected chi connectivity index (χ4v) is 3.56. The van der Waals surface area contributed by atoms with E-state index in [1.807, 2.05) is 0 Å². The molecule has 2 rings (SSSR count). The second-order valence-electron chi connectivity index (χ2n) is 5.93. The van der Waals surface area contributed by atoms with Crippen molar-refractivity contribution >= 4 is 0 Å². The minimum absolute atomic E-state index is 0.249. The van der Waals surface area contributed by atoms with Crippen LogP contribution < -0.4 is 5.32 Å². The van der Waals surface area contributed by atoms with Crippen LogP contribution in [0.15, 0.2) is 18.5 Å². The largest absolute Gasteiger partial charge is 0.416 e. The van der Waals surface area contributed by atoms with E-state index in [9.17, 15) is 13.2 Å². The molecule has 0 spiro atoms. The Hall–Kier alpha value is -1.10. The molecule has 3 atom stereocenters. The molecule has 0 amide bonds. The summed E-state index contributed by atoms with van der Waals surface area (Å²) in [7, 11) is 1.74. The lowest BCUT2D eigenvalue weighted by molar-refractivity contribution is -0.138. The van der Waals surface area contributed by atoms with E-state index in [-0.39, 0.29) is 17.5 Å². The van der Waals surface area contributed by atoms with Gasteiger partial charge in [0.05, 0.1) is 5.56 Å². The summed E-state index contributed by atoms with van der Waals surface area (Å²) >= 11 is 0. The molecule has 5 heteroatoms. The predicted molar refractivity (Wildman–Crippen MR) is 76.8 cm³/mol. The SMILES string of the molecule is CCC1CCCC(C(NC)c2cnccc2C(F)(F)F)C1. The van der Waals surface area contributed by atoms with E-state index in [1.165, 1.54) is 18.8 Å². The standard InChI is InChI=1S/C16H23F3N2/c1-3-11-5-4-6-12(9-11)15(20-2)13-10-21-8-7-14(13)16(17,18)19/h7-8,10-12,15,20H,3-6,9H2,1-2H3. The molecule has 1 aromatic rings. The van der Waals surface area contributed by atoms with E-state index in [0.717, 1.165) is 31.7 Å². The predicted octanol–water partition coefficient (Wildman–Crippen LogP) is 4.58. The van der Waals surface area contributed by atoms with Crippen molar-refractivity contribution in [2.45, 2.75) is 51.2 Å². The van der Waals surface area contributed by atoms with Crippen LogP contribution in [0, 0.1) is 11.8 Å². The summed E-state index contributed by atoms with van der Waals surface area (Å²) in [6, 6.07) is 0.810. The van der Waals surface area contributed by atoms with Crippen molar-refractivity contribution in [1.29, 1.82) is 0 Å². The van der Waals surface area contributed by atoms with Gasteiger partial charge in [-0.05, 0) is 43.4 Å². The zero-order chi connectivity index (χ0) is 15.5. The molecule has 1 aliphatic carbocycles. The summed E-state index contributed by atoms with van der Waals surface area (Å²) in [5.74, 6) is 0.879. The topological polar surface area (TPSA) is 24.9 Å². The van der Waals surface area contributed by atoms with Crippen LogP contribution in [-0.4, -0.2) is 12.0 Å². The normalized spacial score (nSPS) is 24.8. The third-order valence-corrected chi connectivity index (χ3v) is 4.68. The van der Waals surface area contributed by atoms with Crippen LogP contribution in [0.3, 0.4) is 0 Å². The smallest absolute Gasteiger partial charge is 0.313 e. The van der Waals surface area contributed by atoms with E-state index >= 15 is 0 Å². The number of nitrogens with zero attached hydrogens (tertiary/aromatic N) is 1. The van der Waals surface area contributed by atoms with Crippen LogP contribution in [0.25, 0.3) is 0 Å². The summed E-state index contributed by atoms with van der Waals surface area (Å²) < 4.78 is 39.6. The Balaban J connectivity index is 2.29. The molecule has 0 aromatic carbocycles. The lowest BCUT2D eigenvalue weighted by Gasteiger charge is -2.35. The zero-order valence-corrected chi connectivity index (χ0v) is 12.6. The first-order chi connectivity index (χ1) is 9.97. The van der Waals surface area contributed by atoms with Gasteiger partial charge >= 0.3 is 6.18 Å². The van der Waals surface area contributed by atoms with Gasteiger partial charge in [-0.3, -0.25) is 4.98 Å². The first-order valence-corrected chi connectivity index (χ1v) is 7.65. The Kier molecular flexibility index (Phi) is 5.25. The fourth-order valence-electron chi connectivity index (χ4n) is 3.56. The second-order valence-corrected chi connectivity index (χ2v) is 5.93. The van der Waals surface area contributed by atoms with E-state index in [2.05, 4.69) is 17.2 Å². The Morgan fingerprint density at radius 1 is 1.38 bits per heavy atom. The third-order valence-electron chi connectivity index (χ3n) is 4.68. The van der Waals surface area contributed by atoms with Gasteiger partial charge in [0, 0.05) is 18.4 Å². The fraction of sp³-hybridized carbons (Fsp3) is 0.688. The van der Waals surface area contributed by atoms with Gasteiger partial charge in [0.1, 0.15) is 0 Å². The summed E-state index contributed by atoms with van der Waals surface area (Å²) in [5.41, 5.74) is -0.273. The Bertz CT molecular complexity index is 459. The van der Waals surface area contributed by atoms with E-state index in [1.54, 1.807) is 7.05 Å². The summed E-state index contributed by atoms with van der Waals surface area (Å²) in [4.78, 5) is 3.92. The highest BCUT2D eigenvalue weighted by atomic mass is 19.4. The molecule has 2 nitrogen and oxygen atoms in total. The number of halogens is 3. The molecule has 1 aliphatic rings. The summed E-state index contributed by atoms with van der Waals surface area (Å²) in [5, 5.41) is 3.11. The molecule has 0 aliphatic heterocycles. The highest BCUT2D eigenvalue weighted by Gasteiger charge is 2.37. The molecule has 118 valence electrons. The molecule has 0 radical (unpaired) electrons. The highest BCUT2D eigenvalue weighted by molar-refractivity contribution is 5.30. The molecule has 0 bridgehead atoms. The van der Waals surface area contributed by atoms with E-state index in [4.69, 9.17) is 0 Å². The maximum absolute atomic E-state index is 13.2. The molecule has 1 aromatic heterocycles. The monoisotopic (exact) mass is 300 g/mol. The van der Waals surface area contributed by atoms with Crippen molar-refractivity contribution in [1.82, 2.24) is 10.3 Å². The Morgan fingerprint density at radius 3 is 2.76 bits per heavy atom. The van der Waals surface area contributed by atoms with E-state index in [0.29, 0.717) is 5.92 Å². The third kappa shape index (κ3) is 3.76. The Morgan fingerprint density at radius 2 is 2.14 bits per heavy atom. The molecule has 1 fully saturated rings. The van der Waals surface area contributed by atoms with Crippen LogP contribution in [0.4, 0.5) is 13.2 Å². The summed E-state index contributed by atoms with van der Waals surface area (Å²) in [6.07, 6.45) is 3.64. The maximum Gasteiger partial charge on any atom is 0.416 e. The quantitative estimate of drug-likeness (QED) is 0.880. The number of hydrogen-bond donors (Lipinski definition) is 1. The van der Waals surface area contributed by atoms with Gasteiger partial charge in [-0.15, -0.1) is 0 Å². The van der Waals surface area contributed by atoms with Crippen LogP contribution in [0.1, 0.15) is 56.2 Å². The average Bonchev–Trinajstić information content (AvgIpc) is 2.48. The van der Waals surface area contributed by atoms with Gasteiger partial charge in [0.25, 0.3) is 0 Å². The number of hydrogen-bond acceptors (Lipinski definition) is 2. The lowest BCUT2D eigenvalue weighted by atomic mass is 9.75. The minimum atomic E-state index is -4.33. The van der Waals surface area contributed by atoms with Crippen LogP contribution in [0.5, 0.6) is 0 Å². The van der Waals surface area contributed by atoms with Crippen LogP contribution >= 0.6 is 0 Å². The van der Waals surface area contributed by atoms with Crippen molar-refractivity contribution in [2.24, 2.45) is 11.8 Å². The molecule has 1 saturated carbocycles. The number of rotatable bonds is 4. The maximum atomic E-state index is 13.2. The highest BCUT2D eigenvalue weighted by Crippen LogP contribution is 2.42. The van der Waals surface area contributed by atoms with Gasteiger partial charge in [-0.25, -0.2) is 0 Å². The molecule has 21 heavy (non-hydrogen) atoms. The van der Waals surface area contributed by atoms with Gasteiger partial charge in [0.2, 0.25) is 0 Å². The molecule has 3 unspecified atom stereocenters. The molecule has 1 N–H and O–H groups in total. The first kappa shape index (κ1) is 16.3. The lowest BCUT2D eigenvalue weighted by Crippen LogP contribution is -2.31. The van der Waals surface area contributed by atoms with Crippen molar-refractivity contribution in [3.63, 3.8) is 0 Å². The van der Waals surface area contributed by atoms with E-state index < -0.39 is 11.7 Å². The molecular formula is C16H23F3N2. The second kappa shape index (κ2) is 6.77. The van der Waals surface area contributed by atoms with Crippen LogP contribution in [0.2, 0.25) is 0 Å². The average molecular weight is 300 g/mol. The van der Waals surface area contributed by atoms with Crippen LogP contribution in [-0.2, 0) is 6.18 Å². The van der Waals surface area contributed by atoms with Crippen molar-refractivity contribution in [2.75, 3.05) is 7.05 Å². The molecule has 1 heterocycles. The number of aromatic nitrogens is 1. The number of pyridine rings is 1. The van der Waals surface area contributed by atoms with Gasteiger partial charge in [-0.1, -0.05) is 26.2 Å². The van der Waals surface area contributed by atoms with Gasteiger partial charge < -0.3 is 5.32 Å². The number of nitrogens with one attached hydrogen (secondary N) is 1. The Labute approximate surface area is 124 Å². The zero-order valence-electron chi connectivity index (χ0n) is 12.6. The number of alkyl halides is 3. The molecular weight excluding hydrogens is 277 g/mol. The van der Waals surface area contributed by atoms with Crippen molar-refractivity contribution < 1.29 is 13.2 Å². The van der Waals surface area contributed by atoms with Gasteiger partial charge in [0.15, 0.2) is 0 Å². The first-order valence-electron chi connectivity index (χ1n) is 7.65. The summed E-state index contributed by atoms with van der Waals surface area (Å²) in [6.45, 7) is 2.16. The minimum Gasteiger partial charge on any atom is -0.313 e.